The van der Waals surface area contributed by atoms with Gasteiger partial charge in [-0.1, -0.05) is 57.5 Å². The minimum absolute atomic E-state index is 0.276. The summed E-state index contributed by atoms with van der Waals surface area (Å²) in [5.41, 5.74) is 7.08. The number of hydrogen-bond donors (Lipinski definition) is 1. The zero-order chi connectivity index (χ0) is 21.3. The fraction of sp³-hybridized carbons (Fsp3) is 0.136. The minimum atomic E-state index is -0.371. The number of benzene rings is 2. The third-order valence-electron chi connectivity index (χ3n) is 4.61. The van der Waals surface area contributed by atoms with E-state index in [1.165, 1.54) is 44.5 Å². The second-order valence-electron chi connectivity index (χ2n) is 6.84. The van der Waals surface area contributed by atoms with E-state index in [9.17, 15) is 9.59 Å². The number of aryl methyl sites for hydroxylation is 2. The number of nitrogens with one attached hydrogen (secondary N) is 1. The van der Waals surface area contributed by atoms with Crippen LogP contribution in [0.25, 0.3) is 10.2 Å². The summed E-state index contributed by atoms with van der Waals surface area (Å²) in [4.78, 5) is 30.5. The summed E-state index contributed by atoms with van der Waals surface area (Å²) in [6.07, 6.45) is 0. The summed E-state index contributed by atoms with van der Waals surface area (Å²) in [6, 6.07) is 15.1. The highest BCUT2D eigenvalue weighted by Gasteiger charge is 2.16. The van der Waals surface area contributed by atoms with Gasteiger partial charge in [0, 0.05) is 15.8 Å². The number of hydrogen-bond acceptors (Lipinski definition) is 5. The largest absolute Gasteiger partial charge is 0.291 e. The van der Waals surface area contributed by atoms with Crippen molar-refractivity contribution in [3.63, 3.8) is 0 Å². The van der Waals surface area contributed by atoms with Crippen LogP contribution >= 0.6 is 39.0 Å². The smallest absolute Gasteiger partial charge is 0.267 e. The number of rotatable bonds is 5. The molecule has 0 unspecified atom stereocenters. The first-order valence-corrected chi connectivity index (χ1v) is 11.8. The zero-order valence-electron chi connectivity index (χ0n) is 16.3. The van der Waals surface area contributed by atoms with Gasteiger partial charge in [0.15, 0.2) is 5.16 Å². The summed E-state index contributed by atoms with van der Waals surface area (Å²) < 4.78 is 2.57. The van der Waals surface area contributed by atoms with Crippen molar-refractivity contribution in [2.45, 2.75) is 24.8 Å². The number of fused-ring (bicyclic) bond motifs is 1. The van der Waals surface area contributed by atoms with Crippen molar-refractivity contribution < 1.29 is 4.79 Å². The molecule has 0 saturated carbocycles. The minimum Gasteiger partial charge on any atom is -0.267 e. The van der Waals surface area contributed by atoms with E-state index in [1.807, 2.05) is 17.5 Å². The molecule has 0 fully saturated rings. The van der Waals surface area contributed by atoms with E-state index >= 15 is 0 Å². The summed E-state index contributed by atoms with van der Waals surface area (Å²) >= 11 is 6.12. The third-order valence-corrected chi connectivity index (χ3v) is 6.98. The van der Waals surface area contributed by atoms with Gasteiger partial charge >= 0.3 is 0 Å². The molecule has 0 aliphatic rings. The number of halogens is 1. The van der Waals surface area contributed by atoms with Crippen molar-refractivity contribution in [2.75, 3.05) is 5.43 Å². The van der Waals surface area contributed by atoms with E-state index in [4.69, 9.17) is 0 Å². The number of thioether (sulfide) groups is 1. The summed E-state index contributed by atoms with van der Waals surface area (Å²) in [5, 5.41) is 2.29. The molecule has 0 bridgehead atoms. The van der Waals surface area contributed by atoms with Crippen LogP contribution in [0.3, 0.4) is 0 Å². The Morgan fingerprint density at radius 1 is 1.20 bits per heavy atom. The molecule has 0 aliphatic carbocycles. The lowest BCUT2D eigenvalue weighted by atomic mass is 10.1. The van der Waals surface area contributed by atoms with Gasteiger partial charge in [-0.05, 0) is 54.6 Å². The van der Waals surface area contributed by atoms with Crippen LogP contribution in [0.2, 0.25) is 0 Å². The summed E-state index contributed by atoms with van der Waals surface area (Å²) in [6.45, 7) is 4.12. The average Bonchev–Trinajstić information content (AvgIpc) is 3.20. The van der Waals surface area contributed by atoms with E-state index in [2.05, 4.69) is 58.4 Å². The Hall–Kier alpha value is -2.42. The Bertz CT molecular complexity index is 1310. The maximum Gasteiger partial charge on any atom is 0.291 e. The van der Waals surface area contributed by atoms with Gasteiger partial charge in [-0.3, -0.25) is 15.0 Å². The van der Waals surface area contributed by atoms with Gasteiger partial charge in [0.25, 0.3) is 11.5 Å². The fourth-order valence-corrected chi connectivity index (χ4v) is 5.16. The fourth-order valence-electron chi connectivity index (χ4n) is 2.98. The van der Waals surface area contributed by atoms with Gasteiger partial charge in [0.2, 0.25) is 0 Å². The highest BCUT2D eigenvalue weighted by atomic mass is 79.9. The Labute approximate surface area is 190 Å². The van der Waals surface area contributed by atoms with Gasteiger partial charge in [0.1, 0.15) is 4.70 Å². The molecule has 1 N–H and O–H groups in total. The molecule has 5 nitrogen and oxygen atoms in total. The SMILES string of the molecule is Cc1ccc(C)c(CSc2nc3ccsc3c(=O)n2NC(=O)c2cccc(Br)c2)c1. The van der Waals surface area contributed by atoms with Crippen molar-refractivity contribution >= 4 is 55.2 Å². The number of aromatic nitrogens is 2. The molecule has 2 heterocycles. The Morgan fingerprint density at radius 3 is 2.83 bits per heavy atom. The zero-order valence-corrected chi connectivity index (χ0v) is 19.5. The number of thiophene rings is 1. The van der Waals surface area contributed by atoms with Crippen molar-refractivity contribution in [3.05, 3.63) is 91.0 Å². The second kappa shape index (κ2) is 8.75. The lowest BCUT2D eigenvalue weighted by molar-refractivity contribution is 0.100. The van der Waals surface area contributed by atoms with Gasteiger partial charge in [-0.2, -0.15) is 4.68 Å². The van der Waals surface area contributed by atoms with E-state index in [-0.39, 0.29) is 11.5 Å². The molecule has 0 saturated heterocycles. The Balaban J connectivity index is 1.70. The Kier molecular flexibility index (Phi) is 6.08. The monoisotopic (exact) mass is 499 g/mol. The molecule has 0 spiro atoms. The van der Waals surface area contributed by atoms with Crippen LogP contribution in [0.4, 0.5) is 0 Å². The predicted molar refractivity (Wildman–Crippen MR) is 127 cm³/mol. The molecule has 4 aromatic rings. The quantitative estimate of drug-likeness (QED) is 0.290. The van der Waals surface area contributed by atoms with Gasteiger partial charge in [0.05, 0.1) is 5.52 Å². The number of carbonyl (C=O) groups is 1. The van der Waals surface area contributed by atoms with Crippen molar-refractivity contribution in [1.82, 2.24) is 9.66 Å². The maximum atomic E-state index is 13.1. The first kappa shape index (κ1) is 20.8. The Morgan fingerprint density at radius 2 is 2.03 bits per heavy atom. The van der Waals surface area contributed by atoms with E-state index in [0.29, 0.717) is 26.7 Å². The molecular formula is C22H18BrN3O2S2. The second-order valence-corrected chi connectivity index (χ2v) is 9.61. The van der Waals surface area contributed by atoms with Crippen molar-refractivity contribution in [1.29, 1.82) is 0 Å². The molecule has 2 aromatic heterocycles. The molecule has 152 valence electrons. The van der Waals surface area contributed by atoms with Gasteiger partial charge < -0.3 is 0 Å². The van der Waals surface area contributed by atoms with Crippen LogP contribution in [0.1, 0.15) is 27.0 Å². The van der Waals surface area contributed by atoms with Crippen LogP contribution in [-0.4, -0.2) is 15.6 Å². The molecule has 0 aliphatic heterocycles. The van der Waals surface area contributed by atoms with Crippen LogP contribution in [0.15, 0.2) is 68.3 Å². The van der Waals surface area contributed by atoms with Crippen LogP contribution < -0.4 is 11.0 Å². The predicted octanol–water partition coefficient (Wildman–Crippen LogP) is 5.51. The molecule has 8 heteroatoms. The third kappa shape index (κ3) is 4.35. The first-order valence-electron chi connectivity index (χ1n) is 9.18. The molecule has 0 atom stereocenters. The van der Waals surface area contributed by atoms with Gasteiger partial charge in [-0.15, -0.1) is 11.3 Å². The molecule has 30 heavy (non-hydrogen) atoms. The normalized spacial score (nSPS) is 11.0. The lowest BCUT2D eigenvalue weighted by Crippen LogP contribution is -2.34. The number of nitrogens with zero attached hydrogens (tertiary/aromatic N) is 2. The molecular weight excluding hydrogens is 482 g/mol. The lowest BCUT2D eigenvalue weighted by Gasteiger charge is -2.14. The highest BCUT2D eigenvalue weighted by molar-refractivity contribution is 9.10. The number of carbonyl (C=O) groups excluding carboxylic acids is 1. The molecule has 2 aromatic carbocycles. The maximum absolute atomic E-state index is 13.1. The summed E-state index contributed by atoms with van der Waals surface area (Å²) in [5.74, 6) is 0.271. The van der Waals surface area contributed by atoms with Crippen LogP contribution in [-0.2, 0) is 5.75 Å². The van der Waals surface area contributed by atoms with Crippen molar-refractivity contribution in [3.8, 4) is 0 Å². The van der Waals surface area contributed by atoms with Crippen LogP contribution in [0, 0.1) is 13.8 Å². The standard InChI is InChI=1S/C22H18BrN3O2S2/c1-13-6-7-14(2)16(10-13)12-30-22-24-18-8-9-29-19(18)21(28)26(22)25-20(27)15-4-3-5-17(23)11-15/h3-11H,12H2,1-2H3,(H,25,27). The number of amides is 1. The first-order chi connectivity index (χ1) is 14.4. The van der Waals surface area contributed by atoms with E-state index in [1.54, 1.807) is 18.2 Å². The van der Waals surface area contributed by atoms with E-state index in [0.717, 1.165) is 4.47 Å². The topological polar surface area (TPSA) is 64.0 Å². The highest BCUT2D eigenvalue weighted by Crippen LogP contribution is 2.25. The molecule has 4 rings (SSSR count). The molecule has 0 radical (unpaired) electrons. The van der Waals surface area contributed by atoms with Crippen LogP contribution in [0.5, 0.6) is 0 Å². The molecule has 1 amide bonds. The summed E-state index contributed by atoms with van der Waals surface area (Å²) in [7, 11) is 0. The average molecular weight is 500 g/mol. The van der Waals surface area contributed by atoms with Crippen molar-refractivity contribution in [2.24, 2.45) is 0 Å². The van der Waals surface area contributed by atoms with E-state index < -0.39 is 0 Å². The van der Waals surface area contributed by atoms with Gasteiger partial charge in [-0.25, -0.2) is 4.98 Å².